The van der Waals surface area contributed by atoms with Crippen molar-refractivity contribution >= 4 is 27.5 Å². The summed E-state index contributed by atoms with van der Waals surface area (Å²) >= 11 is 1.27. The van der Waals surface area contributed by atoms with E-state index in [0.717, 1.165) is 11.1 Å². The van der Waals surface area contributed by atoms with Gasteiger partial charge in [0.05, 0.1) is 23.8 Å². The maximum Gasteiger partial charge on any atom is 0.233 e. The van der Waals surface area contributed by atoms with E-state index in [2.05, 4.69) is 10.2 Å². The fourth-order valence-corrected chi connectivity index (χ4v) is 6.54. The minimum Gasteiger partial charge on any atom is -0.338 e. The molecule has 0 aliphatic carbocycles. The number of halogens is 1. The van der Waals surface area contributed by atoms with Crippen LogP contribution in [0.3, 0.4) is 0 Å². The van der Waals surface area contributed by atoms with Crippen LogP contribution in [0.2, 0.25) is 0 Å². The van der Waals surface area contributed by atoms with Crippen LogP contribution < -0.4 is 0 Å². The van der Waals surface area contributed by atoms with Crippen molar-refractivity contribution in [2.75, 3.05) is 23.8 Å². The molecule has 174 valence electrons. The van der Waals surface area contributed by atoms with Gasteiger partial charge >= 0.3 is 0 Å². The van der Waals surface area contributed by atoms with Crippen molar-refractivity contribution in [3.63, 3.8) is 0 Å². The predicted octanol–water partition coefficient (Wildman–Crippen LogP) is 3.26. The minimum atomic E-state index is -3.08. The average molecular weight is 489 g/mol. The molecule has 7 nitrogen and oxygen atoms in total. The molecule has 1 aliphatic heterocycles. The van der Waals surface area contributed by atoms with Crippen LogP contribution in [-0.2, 0) is 21.2 Å². The Balaban J connectivity index is 1.55. The third-order valence-electron chi connectivity index (χ3n) is 5.64. The third-order valence-corrected chi connectivity index (χ3v) is 8.34. The Bertz CT molecular complexity index is 1210. The Kier molecular flexibility index (Phi) is 7.14. The van der Waals surface area contributed by atoms with Gasteiger partial charge in [-0.1, -0.05) is 42.1 Å². The van der Waals surface area contributed by atoms with Crippen molar-refractivity contribution in [2.45, 2.75) is 31.1 Å². The number of hydrogen-bond acceptors (Lipinski definition) is 6. The molecule has 0 spiro atoms. The topological polar surface area (TPSA) is 85.2 Å². The molecular formula is C23H25FN4O3S2. The molecule has 0 N–H and O–H groups in total. The summed E-state index contributed by atoms with van der Waals surface area (Å²) in [7, 11) is -3.08. The molecule has 1 aliphatic rings. The number of amides is 1. The zero-order valence-corrected chi connectivity index (χ0v) is 19.9. The maximum atomic E-state index is 13.4. The quantitative estimate of drug-likeness (QED) is 0.453. The monoisotopic (exact) mass is 488 g/mol. The summed E-state index contributed by atoms with van der Waals surface area (Å²) in [6, 6.07) is 15.6. The molecule has 4 rings (SSSR count). The summed E-state index contributed by atoms with van der Waals surface area (Å²) < 4.78 is 39.0. The van der Waals surface area contributed by atoms with Gasteiger partial charge in [-0.25, -0.2) is 12.8 Å². The number of carbonyl (C=O) groups is 1. The largest absolute Gasteiger partial charge is 0.338 e. The van der Waals surface area contributed by atoms with E-state index in [-0.39, 0.29) is 35.0 Å². The molecule has 1 aromatic heterocycles. The van der Waals surface area contributed by atoms with Gasteiger partial charge in [0, 0.05) is 18.2 Å². The van der Waals surface area contributed by atoms with Gasteiger partial charge in [-0.3, -0.25) is 9.36 Å². The summed E-state index contributed by atoms with van der Waals surface area (Å²) in [6.45, 7) is 2.81. The zero-order valence-electron chi connectivity index (χ0n) is 18.2. The molecule has 33 heavy (non-hydrogen) atoms. The Morgan fingerprint density at radius 2 is 1.88 bits per heavy atom. The van der Waals surface area contributed by atoms with Gasteiger partial charge in [-0.15, -0.1) is 10.2 Å². The molecule has 0 unspecified atom stereocenters. The molecular weight excluding hydrogens is 463 g/mol. The number of nitrogens with zero attached hydrogens (tertiary/aromatic N) is 4. The van der Waals surface area contributed by atoms with E-state index in [0.29, 0.717) is 30.5 Å². The number of sulfone groups is 1. The molecule has 1 atom stereocenters. The summed E-state index contributed by atoms with van der Waals surface area (Å²) in [5, 5.41) is 9.19. The van der Waals surface area contributed by atoms with Gasteiger partial charge in [0.25, 0.3) is 0 Å². The highest BCUT2D eigenvalue weighted by atomic mass is 32.2. The highest BCUT2D eigenvalue weighted by Crippen LogP contribution is 2.26. The molecule has 0 saturated carbocycles. The van der Waals surface area contributed by atoms with Crippen molar-refractivity contribution in [2.24, 2.45) is 0 Å². The van der Waals surface area contributed by atoms with Gasteiger partial charge in [0.2, 0.25) is 5.91 Å². The second-order valence-corrected chi connectivity index (χ2v) is 11.1. The first-order valence-electron chi connectivity index (χ1n) is 10.7. The van der Waals surface area contributed by atoms with Crippen LogP contribution in [0.25, 0.3) is 11.4 Å². The van der Waals surface area contributed by atoms with E-state index in [1.165, 1.54) is 23.9 Å². The molecule has 1 fully saturated rings. The lowest BCUT2D eigenvalue weighted by molar-refractivity contribution is -0.129. The first kappa shape index (κ1) is 23.4. The van der Waals surface area contributed by atoms with Crippen molar-refractivity contribution in [1.82, 2.24) is 19.7 Å². The lowest BCUT2D eigenvalue weighted by atomic mass is 10.2. The van der Waals surface area contributed by atoms with E-state index in [1.54, 1.807) is 17.0 Å². The smallest absolute Gasteiger partial charge is 0.233 e. The van der Waals surface area contributed by atoms with Crippen molar-refractivity contribution < 1.29 is 17.6 Å². The van der Waals surface area contributed by atoms with Gasteiger partial charge in [0.1, 0.15) is 5.82 Å². The fourth-order valence-electron chi connectivity index (χ4n) is 3.99. The number of hydrogen-bond donors (Lipinski definition) is 0. The first-order chi connectivity index (χ1) is 15.9. The average Bonchev–Trinajstić information content (AvgIpc) is 3.36. The number of carbonyl (C=O) groups excluding carboxylic acids is 1. The van der Waals surface area contributed by atoms with Gasteiger partial charge in [0.15, 0.2) is 20.8 Å². The predicted molar refractivity (Wildman–Crippen MR) is 126 cm³/mol. The first-order valence-corrected chi connectivity index (χ1v) is 13.5. The molecule has 10 heteroatoms. The Hall–Kier alpha value is -2.72. The van der Waals surface area contributed by atoms with Crippen LogP contribution >= 0.6 is 11.8 Å². The van der Waals surface area contributed by atoms with Crippen LogP contribution in [0.5, 0.6) is 0 Å². The van der Waals surface area contributed by atoms with Crippen LogP contribution in [-0.4, -0.2) is 63.8 Å². The standard InChI is InChI=1S/C23H25FN4O3S2/c1-2-27(20-12-13-33(30,31)16-20)21(29)15-32-23-26-25-22(18-8-10-19(24)11-9-18)28(23)14-17-6-4-3-5-7-17/h3-11,20H,2,12-16H2,1H3/t20-/m1/s1. The molecule has 0 radical (unpaired) electrons. The highest BCUT2D eigenvalue weighted by molar-refractivity contribution is 7.99. The number of aromatic nitrogens is 3. The lowest BCUT2D eigenvalue weighted by Crippen LogP contribution is -2.42. The van der Waals surface area contributed by atoms with Crippen molar-refractivity contribution in [3.05, 3.63) is 66.0 Å². The van der Waals surface area contributed by atoms with E-state index >= 15 is 0 Å². The summed E-state index contributed by atoms with van der Waals surface area (Å²) in [5.74, 6) is 0.407. The Morgan fingerprint density at radius 1 is 1.15 bits per heavy atom. The van der Waals surface area contributed by atoms with Gasteiger partial charge in [-0.05, 0) is 43.2 Å². The molecule has 1 amide bonds. The van der Waals surface area contributed by atoms with Crippen molar-refractivity contribution in [3.8, 4) is 11.4 Å². The highest BCUT2D eigenvalue weighted by Gasteiger charge is 2.34. The molecule has 0 bridgehead atoms. The molecule has 3 aromatic rings. The fraction of sp³-hybridized carbons (Fsp3) is 0.348. The minimum absolute atomic E-state index is 0.0240. The van der Waals surface area contributed by atoms with Crippen LogP contribution in [0.4, 0.5) is 4.39 Å². The van der Waals surface area contributed by atoms with E-state index < -0.39 is 9.84 Å². The summed E-state index contributed by atoms with van der Waals surface area (Å²) in [4.78, 5) is 14.6. The SMILES string of the molecule is CCN(C(=O)CSc1nnc(-c2ccc(F)cc2)n1Cc1ccccc1)[C@@H]1CCS(=O)(=O)C1. The molecule has 1 saturated heterocycles. The van der Waals surface area contributed by atoms with E-state index in [4.69, 9.17) is 0 Å². The third kappa shape index (κ3) is 5.62. The lowest BCUT2D eigenvalue weighted by Gasteiger charge is -2.26. The number of rotatable bonds is 8. The van der Waals surface area contributed by atoms with E-state index in [1.807, 2.05) is 41.8 Å². The molecule has 2 aromatic carbocycles. The van der Waals surface area contributed by atoms with Crippen LogP contribution in [0.15, 0.2) is 59.8 Å². The normalized spacial score (nSPS) is 17.2. The second-order valence-electron chi connectivity index (χ2n) is 7.91. The summed E-state index contributed by atoms with van der Waals surface area (Å²) in [5.41, 5.74) is 1.77. The Labute approximate surface area is 196 Å². The molecule has 2 heterocycles. The van der Waals surface area contributed by atoms with Crippen LogP contribution in [0.1, 0.15) is 18.9 Å². The number of benzene rings is 2. The maximum absolute atomic E-state index is 13.4. The van der Waals surface area contributed by atoms with Crippen LogP contribution in [0, 0.1) is 5.82 Å². The van der Waals surface area contributed by atoms with Gasteiger partial charge in [-0.2, -0.15) is 0 Å². The Morgan fingerprint density at radius 3 is 2.52 bits per heavy atom. The summed E-state index contributed by atoms with van der Waals surface area (Å²) in [6.07, 6.45) is 0.478. The second kappa shape index (κ2) is 10.0. The van der Waals surface area contributed by atoms with Crippen molar-refractivity contribution in [1.29, 1.82) is 0 Å². The van der Waals surface area contributed by atoms with Gasteiger partial charge < -0.3 is 4.90 Å². The number of thioether (sulfide) groups is 1. The zero-order chi connectivity index (χ0) is 23.4. The van der Waals surface area contributed by atoms with E-state index in [9.17, 15) is 17.6 Å².